The number of hydrogen-bond acceptors (Lipinski definition) is 5. The second-order valence-corrected chi connectivity index (χ2v) is 6.67. The number of thioether (sulfide) groups is 1. The van der Waals surface area contributed by atoms with E-state index in [4.69, 9.17) is 10.8 Å². The van der Waals surface area contributed by atoms with E-state index >= 15 is 0 Å². The van der Waals surface area contributed by atoms with Crippen molar-refractivity contribution in [1.29, 1.82) is 0 Å². The smallest absolute Gasteiger partial charge is 0.321 e. The Kier molecular flexibility index (Phi) is 5.02. The largest absolute Gasteiger partial charge is 0.480 e. The molecule has 1 heterocycles. The molecule has 2 amide bonds. The van der Waals surface area contributed by atoms with Crippen molar-refractivity contribution < 1.29 is 19.5 Å². The van der Waals surface area contributed by atoms with Gasteiger partial charge in [0, 0.05) is 16.6 Å². The number of carboxylic acid groups (broad SMARTS) is 1. The van der Waals surface area contributed by atoms with Gasteiger partial charge in [0.15, 0.2) is 0 Å². The Morgan fingerprint density at radius 1 is 1.52 bits per heavy atom. The molecule has 1 fully saturated rings. The molecule has 2 rings (SSSR count). The molecule has 3 N–H and O–H groups in total. The highest BCUT2D eigenvalue weighted by Crippen LogP contribution is 2.31. The zero-order chi connectivity index (χ0) is 15.6. The van der Waals surface area contributed by atoms with E-state index in [2.05, 4.69) is 15.9 Å². The van der Waals surface area contributed by atoms with E-state index in [0.717, 1.165) is 21.1 Å². The first-order valence-corrected chi connectivity index (χ1v) is 7.96. The standard InChI is InChI=1S/C13H13BrN2O4S/c14-7-2-1-3-8(4-7)16-11(17)5-10(12(16)18)21-6-9(15)13(19)20/h1-4,9-10H,5-6,15H2,(H,19,20). The van der Waals surface area contributed by atoms with Crippen molar-refractivity contribution in [2.45, 2.75) is 17.7 Å². The topological polar surface area (TPSA) is 101 Å². The number of hydrogen-bond donors (Lipinski definition) is 2. The number of nitrogens with two attached hydrogens (primary N) is 1. The Bertz CT molecular complexity index is 595. The van der Waals surface area contributed by atoms with Crippen molar-refractivity contribution in [1.82, 2.24) is 0 Å². The van der Waals surface area contributed by atoms with Crippen molar-refractivity contribution in [3.8, 4) is 0 Å². The minimum Gasteiger partial charge on any atom is -0.480 e. The predicted molar refractivity (Wildman–Crippen MR) is 83.1 cm³/mol. The highest BCUT2D eigenvalue weighted by molar-refractivity contribution is 9.10. The molecule has 21 heavy (non-hydrogen) atoms. The first-order valence-electron chi connectivity index (χ1n) is 6.12. The quantitative estimate of drug-likeness (QED) is 0.753. The van der Waals surface area contributed by atoms with Gasteiger partial charge in [-0.1, -0.05) is 22.0 Å². The summed E-state index contributed by atoms with van der Waals surface area (Å²) in [5.74, 6) is -1.66. The lowest BCUT2D eigenvalue weighted by Crippen LogP contribution is -2.35. The van der Waals surface area contributed by atoms with E-state index in [1.807, 2.05) is 0 Å². The highest BCUT2D eigenvalue weighted by atomic mass is 79.9. The zero-order valence-electron chi connectivity index (χ0n) is 10.9. The molecule has 0 aliphatic carbocycles. The molecule has 2 atom stereocenters. The minimum atomic E-state index is -1.12. The zero-order valence-corrected chi connectivity index (χ0v) is 13.3. The molecule has 0 spiro atoms. The number of rotatable bonds is 5. The van der Waals surface area contributed by atoms with Gasteiger partial charge < -0.3 is 10.8 Å². The summed E-state index contributed by atoms with van der Waals surface area (Å²) in [6, 6.07) is 5.85. The summed E-state index contributed by atoms with van der Waals surface area (Å²) in [6.07, 6.45) is 0.0579. The molecule has 112 valence electrons. The number of carboxylic acids is 1. The number of anilines is 1. The van der Waals surface area contributed by atoms with Crippen LogP contribution >= 0.6 is 27.7 Å². The van der Waals surface area contributed by atoms with Gasteiger partial charge in [0.2, 0.25) is 11.8 Å². The third-order valence-corrected chi connectivity index (χ3v) is 4.78. The Labute approximate surface area is 133 Å². The van der Waals surface area contributed by atoms with Crippen LogP contribution in [-0.2, 0) is 14.4 Å². The van der Waals surface area contributed by atoms with E-state index in [9.17, 15) is 14.4 Å². The lowest BCUT2D eigenvalue weighted by molar-refractivity contribution is -0.138. The Hall–Kier alpha value is -1.38. The summed E-state index contributed by atoms with van der Waals surface area (Å²) in [5, 5.41) is 8.15. The molecule has 2 unspecified atom stereocenters. The fraction of sp³-hybridized carbons (Fsp3) is 0.308. The van der Waals surface area contributed by atoms with Crippen LogP contribution in [0.4, 0.5) is 5.69 Å². The summed E-state index contributed by atoms with van der Waals surface area (Å²) in [7, 11) is 0. The van der Waals surface area contributed by atoms with Gasteiger partial charge >= 0.3 is 5.97 Å². The third kappa shape index (κ3) is 3.63. The van der Waals surface area contributed by atoms with E-state index in [1.54, 1.807) is 24.3 Å². The van der Waals surface area contributed by atoms with E-state index < -0.39 is 17.3 Å². The van der Waals surface area contributed by atoms with E-state index in [0.29, 0.717) is 5.69 Å². The normalized spacial score (nSPS) is 19.9. The maximum atomic E-state index is 12.3. The van der Waals surface area contributed by atoms with Crippen LogP contribution in [0.3, 0.4) is 0 Å². The Balaban J connectivity index is 2.08. The van der Waals surface area contributed by atoms with Crippen LogP contribution in [0, 0.1) is 0 Å². The first kappa shape index (κ1) is 16.0. The van der Waals surface area contributed by atoms with Crippen LogP contribution in [0.25, 0.3) is 0 Å². The van der Waals surface area contributed by atoms with E-state index in [-0.39, 0.29) is 24.0 Å². The molecule has 1 aliphatic heterocycles. The van der Waals surface area contributed by atoms with Crippen molar-refractivity contribution in [2.75, 3.05) is 10.7 Å². The molecule has 0 radical (unpaired) electrons. The van der Waals surface area contributed by atoms with Gasteiger partial charge in [0.05, 0.1) is 10.9 Å². The number of imide groups is 1. The SMILES string of the molecule is NC(CSC1CC(=O)N(c2cccc(Br)c2)C1=O)C(=O)O. The molecule has 8 heteroatoms. The Morgan fingerprint density at radius 3 is 2.86 bits per heavy atom. The van der Waals surface area contributed by atoms with Crippen LogP contribution < -0.4 is 10.6 Å². The average molecular weight is 373 g/mol. The van der Waals surface area contributed by atoms with Crippen molar-refractivity contribution in [3.05, 3.63) is 28.7 Å². The lowest BCUT2D eigenvalue weighted by atomic mass is 10.3. The molecule has 1 saturated heterocycles. The van der Waals surface area contributed by atoms with Gasteiger partial charge in [-0.15, -0.1) is 11.8 Å². The molecule has 6 nitrogen and oxygen atoms in total. The number of carbonyl (C=O) groups is 3. The summed E-state index contributed by atoms with van der Waals surface area (Å²) in [6.45, 7) is 0. The number of carbonyl (C=O) groups excluding carboxylic acids is 2. The van der Waals surface area contributed by atoms with Gasteiger partial charge in [-0.2, -0.15) is 0 Å². The number of amides is 2. The molecular weight excluding hydrogens is 360 g/mol. The van der Waals surface area contributed by atoms with Gasteiger partial charge in [0.1, 0.15) is 6.04 Å². The monoisotopic (exact) mass is 372 g/mol. The van der Waals surface area contributed by atoms with Crippen molar-refractivity contribution in [3.63, 3.8) is 0 Å². The minimum absolute atomic E-state index is 0.0579. The maximum Gasteiger partial charge on any atom is 0.321 e. The number of nitrogens with zero attached hydrogens (tertiary/aromatic N) is 1. The molecule has 0 bridgehead atoms. The van der Waals surface area contributed by atoms with Crippen LogP contribution in [0.5, 0.6) is 0 Å². The van der Waals surface area contributed by atoms with Crippen LogP contribution in [0.1, 0.15) is 6.42 Å². The summed E-state index contributed by atoms with van der Waals surface area (Å²) < 4.78 is 0.768. The van der Waals surface area contributed by atoms with Gasteiger partial charge in [-0.3, -0.25) is 14.4 Å². The molecule has 1 aromatic carbocycles. The molecule has 1 aromatic rings. The number of halogens is 1. The number of aliphatic carboxylic acids is 1. The lowest BCUT2D eigenvalue weighted by Gasteiger charge is -2.15. The second-order valence-electron chi connectivity index (χ2n) is 4.52. The van der Waals surface area contributed by atoms with Crippen LogP contribution in [-0.4, -0.2) is 39.9 Å². The van der Waals surface area contributed by atoms with Gasteiger partial charge in [-0.25, -0.2) is 4.90 Å². The van der Waals surface area contributed by atoms with Crippen LogP contribution in [0.2, 0.25) is 0 Å². The fourth-order valence-corrected chi connectivity index (χ4v) is 3.39. The Morgan fingerprint density at radius 2 is 2.24 bits per heavy atom. The van der Waals surface area contributed by atoms with Crippen molar-refractivity contribution in [2.24, 2.45) is 5.73 Å². The summed E-state index contributed by atoms with van der Waals surface area (Å²) >= 11 is 4.40. The summed E-state index contributed by atoms with van der Waals surface area (Å²) in [4.78, 5) is 36.1. The first-order chi connectivity index (χ1) is 9.90. The average Bonchev–Trinajstić information content (AvgIpc) is 2.70. The van der Waals surface area contributed by atoms with Crippen molar-refractivity contribution >= 4 is 51.2 Å². The predicted octanol–water partition coefficient (Wildman–Crippen LogP) is 1.23. The van der Waals surface area contributed by atoms with E-state index in [1.165, 1.54) is 0 Å². The van der Waals surface area contributed by atoms with Gasteiger partial charge in [-0.05, 0) is 18.2 Å². The molecular formula is C13H13BrN2O4S. The second kappa shape index (κ2) is 6.59. The number of benzene rings is 1. The molecule has 0 saturated carbocycles. The maximum absolute atomic E-state index is 12.3. The van der Waals surface area contributed by atoms with Gasteiger partial charge in [0.25, 0.3) is 0 Å². The fourth-order valence-electron chi connectivity index (χ4n) is 1.91. The summed E-state index contributed by atoms with van der Waals surface area (Å²) in [5.41, 5.74) is 5.91. The third-order valence-electron chi connectivity index (χ3n) is 2.97. The molecule has 0 aromatic heterocycles. The molecule has 1 aliphatic rings. The van der Waals surface area contributed by atoms with Crippen LogP contribution in [0.15, 0.2) is 28.7 Å². The highest BCUT2D eigenvalue weighted by Gasteiger charge is 2.40.